The lowest BCUT2D eigenvalue weighted by atomic mass is 9.86. The molecule has 5 nitrogen and oxygen atoms in total. The summed E-state index contributed by atoms with van der Waals surface area (Å²) in [6, 6.07) is 16.7. The fourth-order valence-corrected chi connectivity index (χ4v) is 3.23. The molecule has 3 rings (SSSR count). The topological polar surface area (TPSA) is 66.8 Å². The highest BCUT2D eigenvalue weighted by atomic mass is 16.6. The summed E-state index contributed by atoms with van der Waals surface area (Å²) in [6.07, 6.45) is 1.17. The van der Waals surface area contributed by atoms with Gasteiger partial charge in [0.25, 0.3) is 0 Å². The van der Waals surface area contributed by atoms with E-state index in [1.54, 1.807) is 17.0 Å². The summed E-state index contributed by atoms with van der Waals surface area (Å²) in [5.74, 6) is -0.745. The van der Waals surface area contributed by atoms with Crippen molar-refractivity contribution < 1.29 is 19.4 Å². The number of benzene rings is 2. The minimum Gasteiger partial charge on any atom is -0.478 e. The van der Waals surface area contributed by atoms with Gasteiger partial charge in [0.05, 0.1) is 5.56 Å². The van der Waals surface area contributed by atoms with Crippen LogP contribution in [0.4, 0.5) is 4.79 Å². The fraction of sp³-hybridized carbons (Fsp3) is 0.300. The molecule has 0 bridgehead atoms. The molecule has 5 heteroatoms. The molecule has 0 unspecified atom stereocenters. The van der Waals surface area contributed by atoms with Crippen molar-refractivity contribution in [1.29, 1.82) is 0 Å². The van der Waals surface area contributed by atoms with E-state index in [-0.39, 0.29) is 18.6 Å². The molecule has 25 heavy (non-hydrogen) atoms. The molecule has 0 radical (unpaired) electrons. The molecule has 1 N–H and O–H groups in total. The summed E-state index contributed by atoms with van der Waals surface area (Å²) < 4.78 is 5.36. The first-order chi connectivity index (χ1) is 12.1. The van der Waals surface area contributed by atoms with Gasteiger partial charge < -0.3 is 14.7 Å². The first kappa shape index (κ1) is 17.0. The van der Waals surface area contributed by atoms with E-state index in [2.05, 4.69) is 0 Å². The Morgan fingerprint density at radius 1 is 1.00 bits per heavy atom. The minimum atomic E-state index is -0.902. The second-order valence-corrected chi connectivity index (χ2v) is 6.19. The Bertz CT molecular complexity index is 736. The van der Waals surface area contributed by atoms with Gasteiger partial charge in [0, 0.05) is 13.1 Å². The highest BCUT2D eigenvalue weighted by molar-refractivity contribution is 5.89. The monoisotopic (exact) mass is 339 g/mol. The zero-order valence-electron chi connectivity index (χ0n) is 13.9. The van der Waals surface area contributed by atoms with Gasteiger partial charge in [0.1, 0.15) is 6.61 Å². The van der Waals surface area contributed by atoms with Crippen LogP contribution in [-0.4, -0.2) is 35.2 Å². The van der Waals surface area contributed by atoms with E-state index in [9.17, 15) is 14.7 Å². The van der Waals surface area contributed by atoms with Crippen molar-refractivity contribution in [2.45, 2.75) is 25.4 Å². The van der Waals surface area contributed by atoms with Gasteiger partial charge in [-0.2, -0.15) is 0 Å². The third kappa shape index (κ3) is 4.18. The molecule has 0 saturated carbocycles. The lowest BCUT2D eigenvalue weighted by molar-refractivity contribution is 0.0691. The molecule has 1 fully saturated rings. The van der Waals surface area contributed by atoms with E-state index < -0.39 is 5.97 Å². The Morgan fingerprint density at radius 3 is 2.32 bits per heavy atom. The largest absolute Gasteiger partial charge is 0.478 e. The smallest absolute Gasteiger partial charge is 0.410 e. The van der Waals surface area contributed by atoms with Crippen molar-refractivity contribution in [3.8, 4) is 0 Å². The summed E-state index contributed by atoms with van der Waals surface area (Å²) in [5.41, 5.74) is 2.17. The van der Waals surface area contributed by atoms with Crippen LogP contribution in [0.25, 0.3) is 0 Å². The van der Waals surface area contributed by atoms with E-state index in [1.165, 1.54) is 0 Å². The molecule has 1 heterocycles. The summed E-state index contributed by atoms with van der Waals surface area (Å²) in [7, 11) is 0. The molecule has 1 amide bonds. The molecule has 0 aliphatic carbocycles. The van der Waals surface area contributed by atoms with Gasteiger partial charge in [-0.3, -0.25) is 0 Å². The first-order valence-corrected chi connectivity index (χ1v) is 8.43. The van der Waals surface area contributed by atoms with Crippen LogP contribution < -0.4 is 0 Å². The molecule has 1 aliphatic rings. The van der Waals surface area contributed by atoms with Gasteiger partial charge in [0.2, 0.25) is 0 Å². The van der Waals surface area contributed by atoms with Crippen LogP contribution in [0.2, 0.25) is 0 Å². The summed E-state index contributed by atoms with van der Waals surface area (Å²) in [5, 5.41) is 9.33. The molecule has 2 aromatic rings. The molecule has 0 aromatic heterocycles. The molecule has 130 valence electrons. The maximum absolute atomic E-state index is 12.2. The van der Waals surface area contributed by atoms with Gasteiger partial charge in [0.15, 0.2) is 0 Å². The zero-order valence-corrected chi connectivity index (χ0v) is 13.9. The van der Waals surface area contributed by atoms with Crippen LogP contribution in [-0.2, 0) is 11.3 Å². The molecular formula is C20H21NO4. The first-order valence-electron chi connectivity index (χ1n) is 8.43. The lowest BCUT2D eigenvalue weighted by Gasteiger charge is -2.32. The number of likely N-dealkylation sites (tertiary alicyclic amines) is 1. The molecular weight excluding hydrogens is 318 g/mol. The Balaban J connectivity index is 1.55. The number of rotatable bonds is 4. The summed E-state index contributed by atoms with van der Waals surface area (Å²) >= 11 is 0. The number of carbonyl (C=O) groups excluding carboxylic acids is 1. The highest BCUT2D eigenvalue weighted by Gasteiger charge is 2.27. The predicted octanol–water partition coefficient (Wildman–Crippen LogP) is 3.90. The van der Waals surface area contributed by atoms with Crippen molar-refractivity contribution in [1.82, 2.24) is 4.90 Å². The number of carboxylic acids is 1. The second-order valence-electron chi connectivity index (χ2n) is 6.19. The van der Waals surface area contributed by atoms with Crippen LogP contribution in [0.3, 0.4) is 0 Å². The molecule has 2 aromatic carbocycles. The number of hydrogen-bond donors (Lipinski definition) is 1. The maximum Gasteiger partial charge on any atom is 0.410 e. The van der Waals surface area contributed by atoms with Crippen molar-refractivity contribution in [2.24, 2.45) is 0 Å². The van der Waals surface area contributed by atoms with Crippen molar-refractivity contribution >= 4 is 12.1 Å². The third-order valence-electron chi connectivity index (χ3n) is 4.59. The van der Waals surface area contributed by atoms with Crippen molar-refractivity contribution in [2.75, 3.05) is 13.1 Å². The van der Waals surface area contributed by atoms with E-state index in [4.69, 9.17) is 4.74 Å². The number of carbonyl (C=O) groups is 2. The van der Waals surface area contributed by atoms with Gasteiger partial charge in [-0.05, 0) is 36.0 Å². The van der Waals surface area contributed by atoms with Crippen LogP contribution in [0.1, 0.15) is 40.2 Å². The standard InChI is InChI=1S/C20H21NO4/c22-19(23)18-9-5-4-8-17(18)16-10-12-21(13-11-16)20(24)25-14-15-6-2-1-3-7-15/h1-9,16H,10-14H2,(H,22,23). The minimum absolute atomic E-state index is 0.158. The Hall–Kier alpha value is -2.82. The second kappa shape index (κ2) is 7.83. The Kier molecular flexibility index (Phi) is 5.33. The van der Waals surface area contributed by atoms with Gasteiger partial charge >= 0.3 is 12.1 Å². The van der Waals surface area contributed by atoms with E-state index in [0.717, 1.165) is 24.0 Å². The van der Waals surface area contributed by atoms with Crippen molar-refractivity contribution in [3.63, 3.8) is 0 Å². The molecule has 1 aliphatic heterocycles. The molecule has 0 spiro atoms. The Labute approximate surface area is 146 Å². The highest BCUT2D eigenvalue weighted by Crippen LogP contribution is 2.30. The van der Waals surface area contributed by atoms with Crippen LogP contribution in [0, 0.1) is 0 Å². The number of nitrogens with zero attached hydrogens (tertiary/aromatic N) is 1. The maximum atomic E-state index is 12.2. The number of carboxylic acid groups (broad SMARTS) is 1. The van der Waals surface area contributed by atoms with Crippen LogP contribution >= 0.6 is 0 Å². The predicted molar refractivity (Wildman–Crippen MR) is 93.6 cm³/mol. The van der Waals surface area contributed by atoms with Gasteiger partial charge in [-0.1, -0.05) is 48.5 Å². The number of aromatic carboxylic acids is 1. The quantitative estimate of drug-likeness (QED) is 0.917. The van der Waals surface area contributed by atoms with E-state index in [0.29, 0.717) is 18.7 Å². The van der Waals surface area contributed by atoms with Crippen LogP contribution in [0.5, 0.6) is 0 Å². The normalized spacial score (nSPS) is 15.0. The number of hydrogen-bond acceptors (Lipinski definition) is 3. The third-order valence-corrected chi connectivity index (χ3v) is 4.59. The number of piperidine rings is 1. The SMILES string of the molecule is O=C(O)c1ccccc1C1CCN(C(=O)OCc2ccccc2)CC1. The lowest BCUT2D eigenvalue weighted by Crippen LogP contribution is -2.38. The average Bonchev–Trinajstić information content (AvgIpc) is 2.67. The fourth-order valence-electron chi connectivity index (χ4n) is 3.23. The summed E-state index contributed by atoms with van der Waals surface area (Å²) in [4.78, 5) is 25.3. The van der Waals surface area contributed by atoms with Gasteiger partial charge in [-0.25, -0.2) is 9.59 Å². The number of ether oxygens (including phenoxy) is 1. The van der Waals surface area contributed by atoms with E-state index >= 15 is 0 Å². The molecule has 1 saturated heterocycles. The van der Waals surface area contributed by atoms with Crippen LogP contribution in [0.15, 0.2) is 54.6 Å². The zero-order chi connectivity index (χ0) is 17.6. The van der Waals surface area contributed by atoms with Crippen molar-refractivity contribution in [3.05, 3.63) is 71.3 Å². The Morgan fingerprint density at radius 2 is 1.64 bits per heavy atom. The molecule has 0 atom stereocenters. The number of amides is 1. The van der Waals surface area contributed by atoms with Gasteiger partial charge in [-0.15, -0.1) is 0 Å². The summed E-state index contributed by atoms with van der Waals surface area (Å²) in [6.45, 7) is 1.42. The van der Waals surface area contributed by atoms with E-state index in [1.807, 2.05) is 42.5 Å². The average molecular weight is 339 g/mol.